The predicted octanol–water partition coefficient (Wildman–Crippen LogP) is 6.99. The second-order valence-electron chi connectivity index (χ2n) is 7.28. The van der Waals surface area contributed by atoms with E-state index in [1.54, 1.807) is 0 Å². The lowest BCUT2D eigenvalue weighted by Crippen LogP contribution is -2.17. The van der Waals surface area contributed by atoms with Crippen LogP contribution in [0, 0.1) is 29.2 Å². The first-order valence-corrected chi connectivity index (χ1v) is 9.48. The molecule has 0 bridgehead atoms. The number of ether oxygens (including phenoxy) is 1. The summed E-state index contributed by atoms with van der Waals surface area (Å²) in [5.74, 6) is -4.65. The van der Waals surface area contributed by atoms with Crippen molar-refractivity contribution in [1.82, 2.24) is 0 Å². The molecule has 3 rings (SSSR count). The summed E-state index contributed by atoms with van der Waals surface area (Å²) in [7, 11) is 1.46. The molecule has 146 valence electrons. The summed E-state index contributed by atoms with van der Waals surface area (Å²) in [6.45, 7) is 2.11. The van der Waals surface area contributed by atoms with Crippen molar-refractivity contribution in [2.24, 2.45) is 5.92 Å². The van der Waals surface area contributed by atoms with Crippen molar-refractivity contribution in [2.75, 3.05) is 7.11 Å². The molecule has 0 heterocycles. The van der Waals surface area contributed by atoms with Crippen molar-refractivity contribution in [2.45, 2.75) is 51.4 Å². The zero-order valence-electron chi connectivity index (χ0n) is 15.6. The number of halogens is 4. The molecule has 1 aliphatic rings. The third-order valence-electron chi connectivity index (χ3n) is 5.63. The van der Waals surface area contributed by atoms with E-state index in [1.807, 2.05) is 0 Å². The molecular weight excluding hydrogens is 356 g/mol. The van der Waals surface area contributed by atoms with Gasteiger partial charge in [-0.1, -0.05) is 31.9 Å². The molecule has 0 spiro atoms. The minimum absolute atomic E-state index is 0.0711. The fraction of sp³-hybridized carbons (Fsp3) is 0.455. The maximum Gasteiger partial charge on any atom is 0.170 e. The molecule has 1 nitrogen and oxygen atoms in total. The van der Waals surface area contributed by atoms with Gasteiger partial charge in [-0.2, -0.15) is 0 Å². The van der Waals surface area contributed by atoms with Crippen molar-refractivity contribution >= 4 is 0 Å². The molecule has 0 unspecified atom stereocenters. The van der Waals surface area contributed by atoms with E-state index in [-0.39, 0.29) is 5.56 Å². The second kappa shape index (κ2) is 8.32. The fourth-order valence-corrected chi connectivity index (χ4v) is 4.17. The number of hydrogen-bond donors (Lipinski definition) is 0. The molecular formula is C22H24F4O. The zero-order chi connectivity index (χ0) is 19.6. The summed E-state index contributed by atoms with van der Waals surface area (Å²) in [5.41, 5.74) is -1.03. The largest absolute Gasteiger partial charge is 0.497 e. The summed E-state index contributed by atoms with van der Waals surface area (Å²) < 4.78 is 63.9. The minimum atomic E-state index is -1.33. The van der Waals surface area contributed by atoms with Gasteiger partial charge in [0.15, 0.2) is 23.3 Å². The Bertz CT molecular complexity index is 764. The predicted molar refractivity (Wildman–Crippen MR) is 97.9 cm³/mol. The first-order valence-electron chi connectivity index (χ1n) is 9.48. The number of rotatable bonds is 5. The highest BCUT2D eigenvalue weighted by Crippen LogP contribution is 2.42. The fourth-order valence-electron chi connectivity index (χ4n) is 4.17. The highest BCUT2D eigenvalue weighted by Gasteiger charge is 2.32. The van der Waals surface area contributed by atoms with Crippen molar-refractivity contribution in [3.8, 4) is 16.9 Å². The van der Waals surface area contributed by atoms with Gasteiger partial charge in [0.1, 0.15) is 5.75 Å². The van der Waals surface area contributed by atoms with Crippen LogP contribution in [0.3, 0.4) is 0 Å². The third-order valence-corrected chi connectivity index (χ3v) is 5.63. The van der Waals surface area contributed by atoms with Gasteiger partial charge in [0, 0.05) is 5.56 Å². The summed E-state index contributed by atoms with van der Waals surface area (Å²) >= 11 is 0. The average Bonchev–Trinajstić information content (AvgIpc) is 2.69. The smallest absolute Gasteiger partial charge is 0.170 e. The van der Waals surface area contributed by atoms with Gasteiger partial charge in [-0.15, -0.1) is 0 Å². The number of methoxy groups -OCH3 is 1. The molecule has 1 saturated carbocycles. The molecule has 0 amide bonds. The minimum Gasteiger partial charge on any atom is -0.497 e. The van der Waals surface area contributed by atoms with Gasteiger partial charge >= 0.3 is 0 Å². The molecule has 1 aliphatic carbocycles. The molecule has 0 radical (unpaired) electrons. The Labute approximate surface area is 157 Å². The van der Waals surface area contributed by atoms with E-state index in [0.29, 0.717) is 24.5 Å². The number of hydrogen-bond acceptors (Lipinski definition) is 1. The lowest BCUT2D eigenvalue weighted by molar-refractivity contribution is 0.295. The normalized spacial score (nSPS) is 19.9. The van der Waals surface area contributed by atoms with E-state index < -0.39 is 40.3 Å². The number of benzene rings is 2. The molecule has 1 fully saturated rings. The Morgan fingerprint density at radius 3 is 1.89 bits per heavy atom. The van der Waals surface area contributed by atoms with Gasteiger partial charge < -0.3 is 4.74 Å². The second-order valence-corrected chi connectivity index (χ2v) is 7.28. The summed E-state index contributed by atoms with van der Waals surface area (Å²) in [6, 6.07) is 5.75. The first-order chi connectivity index (χ1) is 13.0. The van der Waals surface area contributed by atoms with E-state index in [4.69, 9.17) is 4.74 Å². The van der Waals surface area contributed by atoms with Gasteiger partial charge in [-0.3, -0.25) is 0 Å². The molecule has 27 heavy (non-hydrogen) atoms. The van der Waals surface area contributed by atoms with Crippen molar-refractivity contribution in [3.63, 3.8) is 0 Å². The van der Waals surface area contributed by atoms with Crippen LogP contribution in [0.2, 0.25) is 0 Å². The third kappa shape index (κ3) is 3.83. The molecule has 2 aromatic carbocycles. The quantitative estimate of drug-likeness (QED) is 0.401. The van der Waals surface area contributed by atoms with E-state index in [2.05, 4.69) is 6.92 Å². The van der Waals surface area contributed by atoms with Crippen LogP contribution >= 0.6 is 0 Å². The van der Waals surface area contributed by atoms with Crippen molar-refractivity contribution in [3.05, 3.63) is 53.1 Å². The highest BCUT2D eigenvalue weighted by atomic mass is 19.2. The van der Waals surface area contributed by atoms with Crippen LogP contribution in [0.25, 0.3) is 11.1 Å². The van der Waals surface area contributed by atoms with Gasteiger partial charge in [0.2, 0.25) is 0 Å². The van der Waals surface area contributed by atoms with Gasteiger partial charge in [-0.25, -0.2) is 17.6 Å². The first kappa shape index (κ1) is 19.7. The molecule has 0 saturated heterocycles. The SMILES string of the molecule is CCCC1CCC(c2c(F)c(F)c(-c3ccc(OC)cc3)c(F)c2F)CC1. The van der Waals surface area contributed by atoms with Crippen LogP contribution in [-0.4, -0.2) is 7.11 Å². The van der Waals surface area contributed by atoms with Crippen LogP contribution in [0.4, 0.5) is 17.6 Å². The summed E-state index contributed by atoms with van der Waals surface area (Å²) in [5, 5.41) is 0. The van der Waals surface area contributed by atoms with E-state index >= 15 is 0 Å². The molecule has 0 atom stereocenters. The van der Waals surface area contributed by atoms with Gasteiger partial charge in [0.25, 0.3) is 0 Å². The standard InChI is InChI=1S/C22H24F4O/c1-3-4-13-5-7-14(8-6-13)17-19(23)21(25)18(22(26)20(17)24)15-9-11-16(27-2)12-10-15/h9-14H,3-8H2,1-2H3. The Morgan fingerprint density at radius 1 is 0.852 bits per heavy atom. The van der Waals surface area contributed by atoms with Crippen LogP contribution in [0.15, 0.2) is 24.3 Å². The van der Waals surface area contributed by atoms with Crippen molar-refractivity contribution in [1.29, 1.82) is 0 Å². The van der Waals surface area contributed by atoms with Gasteiger partial charge in [0.05, 0.1) is 12.7 Å². The monoisotopic (exact) mass is 380 g/mol. The Morgan fingerprint density at radius 2 is 1.41 bits per heavy atom. The zero-order valence-corrected chi connectivity index (χ0v) is 15.6. The Kier molecular flexibility index (Phi) is 6.08. The molecule has 2 aromatic rings. The summed E-state index contributed by atoms with van der Waals surface area (Å²) in [6.07, 6.45) is 4.93. The Hall–Kier alpha value is -2.04. The molecule has 0 N–H and O–H groups in total. The lowest BCUT2D eigenvalue weighted by atomic mass is 9.76. The average molecular weight is 380 g/mol. The highest BCUT2D eigenvalue weighted by molar-refractivity contribution is 5.66. The van der Waals surface area contributed by atoms with Crippen LogP contribution in [0.1, 0.15) is 56.9 Å². The maximum absolute atomic E-state index is 14.8. The van der Waals surface area contributed by atoms with E-state index in [1.165, 1.54) is 31.4 Å². The van der Waals surface area contributed by atoms with Gasteiger partial charge in [-0.05, 0) is 55.2 Å². The van der Waals surface area contributed by atoms with Crippen molar-refractivity contribution < 1.29 is 22.3 Å². The van der Waals surface area contributed by atoms with E-state index in [0.717, 1.165) is 25.7 Å². The van der Waals surface area contributed by atoms with Crippen LogP contribution < -0.4 is 4.74 Å². The molecule has 5 heteroatoms. The summed E-state index contributed by atoms with van der Waals surface area (Å²) in [4.78, 5) is 0. The van der Waals surface area contributed by atoms with E-state index in [9.17, 15) is 17.6 Å². The maximum atomic E-state index is 14.8. The lowest BCUT2D eigenvalue weighted by Gasteiger charge is -2.29. The van der Waals surface area contributed by atoms with Crippen LogP contribution in [0.5, 0.6) is 5.75 Å². The molecule has 0 aromatic heterocycles. The topological polar surface area (TPSA) is 9.23 Å². The Balaban J connectivity index is 1.96. The molecule has 0 aliphatic heterocycles. The van der Waals surface area contributed by atoms with Crippen LogP contribution in [-0.2, 0) is 0 Å².